The van der Waals surface area contributed by atoms with Crippen LogP contribution in [0.4, 0.5) is 0 Å². The lowest BCUT2D eigenvalue weighted by atomic mass is 10.0. The van der Waals surface area contributed by atoms with Gasteiger partial charge in [-0.3, -0.25) is 9.36 Å². The maximum Gasteiger partial charge on any atom is 0.268 e. The first kappa shape index (κ1) is 65.2. The van der Waals surface area contributed by atoms with Gasteiger partial charge in [0.25, 0.3) is 7.82 Å². The third kappa shape index (κ3) is 51.1. The zero-order chi connectivity index (χ0) is 48.5. The van der Waals surface area contributed by atoms with E-state index in [0.29, 0.717) is 23.9 Å². The van der Waals surface area contributed by atoms with Gasteiger partial charge in [0.05, 0.1) is 39.9 Å². The van der Waals surface area contributed by atoms with Crippen molar-refractivity contribution in [3.63, 3.8) is 0 Å². The Morgan fingerprint density at radius 1 is 0.515 bits per heavy atom. The molecule has 0 aromatic heterocycles. The fraction of sp³-hybridized carbons (Fsp3) is 0.947. The summed E-state index contributed by atoms with van der Waals surface area (Å²) in [6.07, 6.45) is 59.8. The molecular formula is C57H115N2O6P. The van der Waals surface area contributed by atoms with Gasteiger partial charge in [-0.15, -0.1) is 0 Å². The van der Waals surface area contributed by atoms with Gasteiger partial charge in [0, 0.05) is 6.42 Å². The van der Waals surface area contributed by atoms with Crippen LogP contribution >= 0.6 is 7.82 Å². The van der Waals surface area contributed by atoms with Gasteiger partial charge in [-0.25, -0.2) is 0 Å². The fourth-order valence-corrected chi connectivity index (χ4v) is 9.64. The second-order valence-corrected chi connectivity index (χ2v) is 22.8. The van der Waals surface area contributed by atoms with Gasteiger partial charge < -0.3 is 28.8 Å². The van der Waals surface area contributed by atoms with E-state index in [1.807, 2.05) is 21.1 Å². The summed E-state index contributed by atoms with van der Waals surface area (Å²) in [5, 5.41) is 13.9. The number of nitrogens with one attached hydrogen (secondary N) is 1. The Labute approximate surface area is 412 Å². The summed E-state index contributed by atoms with van der Waals surface area (Å²) >= 11 is 0. The van der Waals surface area contributed by atoms with Crippen molar-refractivity contribution in [3.05, 3.63) is 12.2 Å². The van der Waals surface area contributed by atoms with Crippen LogP contribution in [0.25, 0.3) is 0 Å². The lowest BCUT2D eigenvalue weighted by Gasteiger charge is -2.30. The molecule has 0 aliphatic carbocycles. The van der Waals surface area contributed by atoms with E-state index in [1.54, 1.807) is 0 Å². The van der Waals surface area contributed by atoms with Crippen LogP contribution in [0, 0.1) is 0 Å². The van der Waals surface area contributed by atoms with E-state index in [9.17, 15) is 19.4 Å². The number of likely N-dealkylation sites (N-methyl/N-ethyl adjacent to an activating group) is 1. The Bertz CT molecular complexity index is 1080. The van der Waals surface area contributed by atoms with Crippen molar-refractivity contribution < 1.29 is 32.9 Å². The summed E-state index contributed by atoms with van der Waals surface area (Å²) in [4.78, 5) is 25.4. The number of carbonyl (C=O) groups excluding carboxylic acids is 1. The molecule has 3 unspecified atom stereocenters. The van der Waals surface area contributed by atoms with Crippen molar-refractivity contribution in [2.75, 3.05) is 40.9 Å². The molecular weight excluding hydrogens is 840 g/mol. The summed E-state index contributed by atoms with van der Waals surface area (Å²) in [6, 6.07) is -0.795. The smallest absolute Gasteiger partial charge is 0.268 e. The van der Waals surface area contributed by atoms with Crippen LogP contribution < -0.4 is 10.2 Å². The number of phosphoric acid groups is 1. The lowest BCUT2D eigenvalue weighted by molar-refractivity contribution is -0.870. The summed E-state index contributed by atoms with van der Waals surface area (Å²) in [6.45, 7) is 4.74. The van der Waals surface area contributed by atoms with Gasteiger partial charge in [-0.05, 0) is 38.5 Å². The molecule has 0 heterocycles. The van der Waals surface area contributed by atoms with Crippen LogP contribution in [0.15, 0.2) is 12.2 Å². The standard InChI is InChI=1S/C57H115N2O6P/c1-6-8-10-12-14-16-18-19-20-21-22-23-24-25-26-27-28-29-30-31-32-33-34-35-36-37-38-39-41-43-45-47-49-51-57(61)58-55(54-65-66(62,63)64-53-52-59(3,4)5)56(60)50-48-46-44-42-40-17-15-13-11-9-7-2/h21-22,55-56,60H,6-20,23-54H2,1-5H3,(H-,58,61,62,63)/b22-21-. The zero-order valence-electron chi connectivity index (χ0n) is 44.9. The molecule has 0 saturated heterocycles. The number of nitrogens with zero attached hydrogens (tertiary/aromatic N) is 1. The number of hydrogen-bond donors (Lipinski definition) is 2. The third-order valence-electron chi connectivity index (χ3n) is 13.5. The Balaban J connectivity index is 3.90. The second kappa shape index (κ2) is 49.2. The van der Waals surface area contributed by atoms with E-state index < -0.39 is 20.0 Å². The number of allylic oxidation sites excluding steroid dienone is 2. The molecule has 0 fully saturated rings. The molecule has 1 amide bonds. The summed E-state index contributed by atoms with van der Waals surface area (Å²) in [5.74, 6) is -0.160. The highest BCUT2D eigenvalue weighted by atomic mass is 31.2. The van der Waals surface area contributed by atoms with E-state index in [1.165, 1.54) is 231 Å². The molecule has 0 aliphatic rings. The average Bonchev–Trinajstić information content (AvgIpc) is 3.28. The van der Waals surface area contributed by atoms with E-state index in [2.05, 4.69) is 31.3 Å². The quantitative estimate of drug-likeness (QED) is 0.0272. The number of aliphatic hydroxyl groups is 1. The Kier molecular flexibility index (Phi) is 48.7. The van der Waals surface area contributed by atoms with Gasteiger partial charge in [-0.1, -0.05) is 264 Å². The summed E-state index contributed by atoms with van der Waals surface area (Å²) < 4.78 is 23.3. The van der Waals surface area contributed by atoms with Crippen molar-refractivity contribution in [1.82, 2.24) is 5.32 Å². The van der Waals surface area contributed by atoms with Crippen LogP contribution in [0.3, 0.4) is 0 Å². The van der Waals surface area contributed by atoms with Crippen LogP contribution in [0.5, 0.6) is 0 Å². The SMILES string of the molecule is CCCCCCCCCC/C=C\CCCCCCCCCCCCCCCCCCCCCCCC(=O)NC(COP(=O)([O-])OCC[N+](C)(C)C)C(O)CCCCCCCCCCCCC. The minimum absolute atomic E-state index is 0.0152. The number of rotatable bonds is 54. The summed E-state index contributed by atoms with van der Waals surface area (Å²) in [7, 11) is 1.32. The van der Waals surface area contributed by atoms with Gasteiger partial charge in [0.1, 0.15) is 13.2 Å². The minimum atomic E-state index is -4.56. The van der Waals surface area contributed by atoms with Gasteiger partial charge in [0.15, 0.2) is 0 Å². The largest absolute Gasteiger partial charge is 0.756 e. The van der Waals surface area contributed by atoms with Crippen molar-refractivity contribution >= 4 is 13.7 Å². The number of amides is 1. The van der Waals surface area contributed by atoms with Crippen molar-refractivity contribution in [1.29, 1.82) is 0 Å². The van der Waals surface area contributed by atoms with Crippen molar-refractivity contribution in [2.24, 2.45) is 0 Å². The van der Waals surface area contributed by atoms with Gasteiger partial charge in [-0.2, -0.15) is 0 Å². The molecule has 0 rings (SSSR count). The van der Waals surface area contributed by atoms with E-state index in [-0.39, 0.29) is 19.1 Å². The molecule has 0 aromatic rings. The average molecular weight is 956 g/mol. The van der Waals surface area contributed by atoms with E-state index >= 15 is 0 Å². The molecule has 0 spiro atoms. The summed E-state index contributed by atoms with van der Waals surface area (Å²) in [5.41, 5.74) is 0. The molecule has 3 atom stereocenters. The first-order chi connectivity index (χ1) is 32.0. The van der Waals surface area contributed by atoms with Crippen LogP contribution in [-0.4, -0.2) is 68.5 Å². The molecule has 0 radical (unpaired) electrons. The number of hydrogen-bond acceptors (Lipinski definition) is 6. The maximum atomic E-state index is 12.9. The predicted molar refractivity (Wildman–Crippen MR) is 284 cm³/mol. The maximum absolute atomic E-state index is 12.9. The van der Waals surface area contributed by atoms with Crippen LogP contribution in [0.1, 0.15) is 296 Å². The molecule has 9 heteroatoms. The van der Waals surface area contributed by atoms with Crippen molar-refractivity contribution in [3.8, 4) is 0 Å². The number of unbranched alkanes of at least 4 members (excludes halogenated alkanes) is 39. The van der Waals surface area contributed by atoms with Crippen molar-refractivity contribution in [2.45, 2.75) is 309 Å². The van der Waals surface area contributed by atoms with Gasteiger partial charge >= 0.3 is 0 Å². The number of quaternary nitrogens is 1. The van der Waals surface area contributed by atoms with E-state index in [4.69, 9.17) is 9.05 Å². The Morgan fingerprint density at radius 2 is 0.833 bits per heavy atom. The Morgan fingerprint density at radius 3 is 1.18 bits per heavy atom. The molecule has 66 heavy (non-hydrogen) atoms. The second-order valence-electron chi connectivity index (χ2n) is 21.4. The molecule has 8 nitrogen and oxygen atoms in total. The predicted octanol–water partition coefficient (Wildman–Crippen LogP) is 16.8. The number of aliphatic hydroxyl groups excluding tert-OH is 1. The first-order valence-electron chi connectivity index (χ1n) is 29.0. The van der Waals surface area contributed by atoms with Crippen LogP contribution in [0.2, 0.25) is 0 Å². The number of phosphoric ester groups is 1. The fourth-order valence-electron chi connectivity index (χ4n) is 8.92. The van der Waals surface area contributed by atoms with Crippen LogP contribution in [-0.2, 0) is 18.4 Å². The Hall–Kier alpha value is -0.760. The molecule has 0 bridgehead atoms. The molecule has 0 saturated carbocycles. The highest BCUT2D eigenvalue weighted by molar-refractivity contribution is 7.45. The monoisotopic (exact) mass is 955 g/mol. The molecule has 394 valence electrons. The molecule has 2 N–H and O–H groups in total. The number of carbonyl (C=O) groups is 1. The highest BCUT2D eigenvalue weighted by Gasteiger charge is 2.24. The van der Waals surface area contributed by atoms with E-state index in [0.717, 1.165) is 38.5 Å². The van der Waals surface area contributed by atoms with Gasteiger partial charge in [0.2, 0.25) is 5.91 Å². The topological polar surface area (TPSA) is 108 Å². The normalized spacial score (nSPS) is 14.0. The third-order valence-corrected chi connectivity index (χ3v) is 14.5. The lowest BCUT2D eigenvalue weighted by Crippen LogP contribution is -2.46. The molecule has 0 aliphatic heterocycles. The minimum Gasteiger partial charge on any atom is -0.756 e. The highest BCUT2D eigenvalue weighted by Crippen LogP contribution is 2.38. The first-order valence-corrected chi connectivity index (χ1v) is 30.5. The molecule has 0 aromatic carbocycles. The zero-order valence-corrected chi connectivity index (χ0v) is 45.8.